The van der Waals surface area contributed by atoms with Gasteiger partial charge in [0.05, 0.1) is 5.75 Å². The molecule has 1 unspecified atom stereocenters. The molecule has 0 heterocycles. The third-order valence-electron chi connectivity index (χ3n) is 3.29. The van der Waals surface area contributed by atoms with Gasteiger partial charge in [0, 0.05) is 11.8 Å². The van der Waals surface area contributed by atoms with E-state index in [-0.39, 0.29) is 5.75 Å². The molecule has 1 N–H and O–H groups in total. The maximum Gasteiger partial charge on any atom is 0.150 e. The smallest absolute Gasteiger partial charge is 0.150 e. The Bertz CT molecular complexity index is 442. The lowest BCUT2D eigenvalue weighted by atomic mass is 10.0. The second-order valence-corrected chi connectivity index (χ2v) is 7.23. The zero-order chi connectivity index (χ0) is 14.1. The van der Waals surface area contributed by atoms with Crippen LogP contribution in [0, 0.1) is 0 Å². The quantitative estimate of drug-likeness (QED) is 0.709. The van der Waals surface area contributed by atoms with Gasteiger partial charge in [-0.3, -0.25) is 0 Å². The summed E-state index contributed by atoms with van der Waals surface area (Å²) < 4.78 is 22.8. The largest absolute Gasteiger partial charge is 0.310 e. The zero-order valence-corrected chi connectivity index (χ0v) is 12.7. The van der Waals surface area contributed by atoms with Crippen molar-refractivity contribution in [2.45, 2.75) is 39.2 Å². The molecule has 0 bridgehead atoms. The molecular formula is C15H25NO2S. The third kappa shape index (κ3) is 6.21. The van der Waals surface area contributed by atoms with E-state index in [2.05, 4.69) is 24.4 Å². The van der Waals surface area contributed by atoms with Crippen molar-refractivity contribution >= 4 is 9.84 Å². The number of rotatable bonds is 9. The Labute approximate surface area is 117 Å². The molecule has 0 spiro atoms. The van der Waals surface area contributed by atoms with Crippen LogP contribution in [0.4, 0.5) is 0 Å². The molecular weight excluding hydrogens is 258 g/mol. The van der Waals surface area contributed by atoms with Crippen LogP contribution in [-0.2, 0) is 9.84 Å². The fourth-order valence-corrected chi connectivity index (χ4v) is 3.07. The van der Waals surface area contributed by atoms with Crippen molar-refractivity contribution in [2.75, 3.05) is 18.1 Å². The molecule has 1 aromatic carbocycles. The topological polar surface area (TPSA) is 46.2 Å². The van der Waals surface area contributed by atoms with Gasteiger partial charge in [-0.2, -0.15) is 0 Å². The number of unbranched alkanes of at least 4 members (excludes halogenated alkanes) is 1. The summed E-state index contributed by atoms with van der Waals surface area (Å²) in [4.78, 5) is 0. The first-order valence-corrected chi connectivity index (χ1v) is 8.90. The average Bonchev–Trinajstić information content (AvgIpc) is 2.43. The van der Waals surface area contributed by atoms with E-state index >= 15 is 0 Å². The fourth-order valence-electron chi connectivity index (χ4n) is 2.13. The van der Waals surface area contributed by atoms with Crippen molar-refractivity contribution in [3.63, 3.8) is 0 Å². The molecule has 1 aromatic rings. The molecule has 0 aromatic heterocycles. The first-order chi connectivity index (χ1) is 9.09. The summed E-state index contributed by atoms with van der Waals surface area (Å²) in [5.41, 5.74) is 1.28. The molecule has 19 heavy (non-hydrogen) atoms. The van der Waals surface area contributed by atoms with Crippen LogP contribution in [0.3, 0.4) is 0 Å². The van der Waals surface area contributed by atoms with Gasteiger partial charge in [0.2, 0.25) is 0 Å². The highest BCUT2D eigenvalue weighted by Crippen LogP contribution is 2.19. The number of sulfone groups is 1. The minimum atomic E-state index is -2.81. The van der Waals surface area contributed by atoms with Gasteiger partial charge in [-0.05, 0) is 24.9 Å². The summed E-state index contributed by atoms with van der Waals surface area (Å²) in [7, 11) is -2.81. The molecule has 0 saturated heterocycles. The lowest BCUT2D eigenvalue weighted by Crippen LogP contribution is -2.21. The van der Waals surface area contributed by atoms with Crippen LogP contribution in [0.1, 0.15) is 44.7 Å². The third-order valence-corrected chi connectivity index (χ3v) is 5.08. The molecule has 0 aliphatic heterocycles. The highest BCUT2D eigenvalue weighted by molar-refractivity contribution is 7.91. The first-order valence-electron chi connectivity index (χ1n) is 7.07. The van der Waals surface area contributed by atoms with Gasteiger partial charge in [-0.15, -0.1) is 0 Å². The van der Waals surface area contributed by atoms with Gasteiger partial charge in [-0.1, -0.05) is 50.6 Å². The Morgan fingerprint density at radius 3 is 2.37 bits per heavy atom. The first kappa shape index (κ1) is 16.2. The van der Waals surface area contributed by atoms with Crippen molar-refractivity contribution in [2.24, 2.45) is 0 Å². The average molecular weight is 283 g/mol. The molecule has 0 aliphatic carbocycles. The Morgan fingerprint density at radius 1 is 1.11 bits per heavy atom. The number of nitrogens with one attached hydrogen (secondary N) is 1. The monoisotopic (exact) mass is 283 g/mol. The van der Waals surface area contributed by atoms with Crippen molar-refractivity contribution in [1.82, 2.24) is 5.32 Å². The fraction of sp³-hybridized carbons (Fsp3) is 0.600. The van der Waals surface area contributed by atoms with Crippen molar-refractivity contribution < 1.29 is 8.42 Å². The standard InChI is InChI=1S/C15H25NO2S/c1-3-16-15(14-10-6-5-7-11-14)12-8-9-13-19(17,18)4-2/h5-7,10-11,15-16H,3-4,8-9,12-13H2,1-2H3. The predicted octanol–water partition coefficient (Wildman–Crippen LogP) is 2.94. The lowest BCUT2D eigenvalue weighted by Gasteiger charge is -2.18. The van der Waals surface area contributed by atoms with Crippen molar-refractivity contribution in [3.05, 3.63) is 35.9 Å². The van der Waals surface area contributed by atoms with Gasteiger partial charge in [-0.25, -0.2) is 8.42 Å². The van der Waals surface area contributed by atoms with Crippen molar-refractivity contribution in [3.8, 4) is 0 Å². The molecule has 4 heteroatoms. The molecule has 3 nitrogen and oxygen atoms in total. The van der Waals surface area contributed by atoms with Crippen LogP contribution in [0.5, 0.6) is 0 Å². The van der Waals surface area contributed by atoms with E-state index in [4.69, 9.17) is 0 Å². The van der Waals surface area contributed by atoms with Gasteiger partial charge in [0.15, 0.2) is 0 Å². The molecule has 108 valence electrons. The Balaban J connectivity index is 2.43. The van der Waals surface area contributed by atoms with E-state index < -0.39 is 9.84 Å². The Hall–Kier alpha value is -0.870. The molecule has 1 atom stereocenters. The normalized spacial score (nSPS) is 13.4. The summed E-state index contributed by atoms with van der Waals surface area (Å²) in [6.07, 6.45) is 2.67. The summed E-state index contributed by atoms with van der Waals surface area (Å²) >= 11 is 0. The number of benzene rings is 1. The second kappa shape index (κ2) is 8.33. The van der Waals surface area contributed by atoms with Gasteiger partial charge in [0.1, 0.15) is 9.84 Å². The second-order valence-electron chi connectivity index (χ2n) is 4.75. The summed E-state index contributed by atoms with van der Waals surface area (Å²) in [5, 5.41) is 3.46. The van der Waals surface area contributed by atoms with Crippen LogP contribution in [0.2, 0.25) is 0 Å². The summed E-state index contributed by atoms with van der Waals surface area (Å²) in [6, 6.07) is 10.7. The number of hydrogen-bond donors (Lipinski definition) is 1. The molecule has 0 amide bonds. The van der Waals surface area contributed by atoms with Crippen LogP contribution in [0.25, 0.3) is 0 Å². The number of hydrogen-bond acceptors (Lipinski definition) is 3. The van der Waals surface area contributed by atoms with Gasteiger partial charge in [0.25, 0.3) is 0 Å². The van der Waals surface area contributed by atoms with Crippen LogP contribution in [0.15, 0.2) is 30.3 Å². The van der Waals surface area contributed by atoms with Crippen molar-refractivity contribution in [1.29, 1.82) is 0 Å². The summed E-state index contributed by atoms with van der Waals surface area (Å²) in [6.45, 7) is 4.73. The van der Waals surface area contributed by atoms with E-state index in [9.17, 15) is 8.42 Å². The maximum atomic E-state index is 11.4. The Kier molecular flexibility index (Phi) is 7.10. The van der Waals surface area contributed by atoms with E-state index in [1.165, 1.54) is 5.56 Å². The van der Waals surface area contributed by atoms with E-state index in [1.54, 1.807) is 6.92 Å². The van der Waals surface area contributed by atoms with Crippen LogP contribution < -0.4 is 5.32 Å². The highest BCUT2D eigenvalue weighted by atomic mass is 32.2. The molecule has 0 fully saturated rings. The van der Waals surface area contributed by atoms with Gasteiger partial charge < -0.3 is 5.32 Å². The van der Waals surface area contributed by atoms with Crippen LogP contribution in [-0.4, -0.2) is 26.5 Å². The SMILES string of the molecule is CCNC(CCCCS(=O)(=O)CC)c1ccccc1. The molecule has 0 aliphatic rings. The maximum absolute atomic E-state index is 11.4. The van der Waals surface area contributed by atoms with Crippen LogP contribution >= 0.6 is 0 Å². The molecule has 0 radical (unpaired) electrons. The summed E-state index contributed by atoms with van der Waals surface area (Å²) in [5.74, 6) is 0.569. The predicted molar refractivity (Wildman–Crippen MR) is 81.0 cm³/mol. The molecule has 0 saturated carbocycles. The van der Waals surface area contributed by atoms with Gasteiger partial charge >= 0.3 is 0 Å². The zero-order valence-electron chi connectivity index (χ0n) is 11.9. The lowest BCUT2D eigenvalue weighted by molar-refractivity contribution is 0.493. The molecule has 1 rings (SSSR count). The minimum Gasteiger partial charge on any atom is -0.310 e. The van der Waals surface area contributed by atoms with E-state index in [1.807, 2.05) is 18.2 Å². The van der Waals surface area contributed by atoms with E-state index in [0.29, 0.717) is 11.8 Å². The highest BCUT2D eigenvalue weighted by Gasteiger charge is 2.11. The Morgan fingerprint density at radius 2 is 1.79 bits per heavy atom. The van der Waals surface area contributed by atoms with E-state index in [0.717, 1.165) is 25.8 Å². The minimum absolute atomic E-state index is 0.252.